The molecular formula is C14H15O3Zn. The zero-order chi connectivity index (χ0) is 13.5. The molecule has 0 unspecified atom stereocenters. The number of benzene rings is 2. The number of fused-ring (bicyclic) bond motifs is 1. The Morgan fingerprint density at radius 3 is 2.56 bits per heavy atom. The Kier molecular flexibility index (Phi) is 5.80. The molecule has 0 saturated carbocycles. The number of aliphatic carboxylic acids is 1. The van der Waals surface area contributed by atoms with Crippen LogP contribution in [0.5, 0.6) is 5.75 Å². The van der Waals surface area contributed by atoms with Gasteiger partial charge in [-0.2, -0.15) is 0 Å². The number of methoxy groups -OCH3 is 1. The number of carbonyl (C=O) groups is 1. The molecule has 4 heteroatoms. The Labute approximate surface area is 116 Å². The molecule has 2 aromatic rings. The maximum absolute atomic E-state index is 9.37. The molecule has 0 atom stereocenters. The summed E-state index contributed by atoms with van der Waals surface area (Å²) < 4.78 is 6.60. The van der Waals surface area contributed by atoms with Crippen LogP contribution in [0.3, 0.4) is 0 Å². The number of hydrogen-bond donors (Lipinski definition) is 1. The van der Waals surface area contributed by atoms with E-state index in [4.69, 9.17) is 9.84 Å². The molecule has 3 nitrogen and oxygen atoms in total. The van der Waals surface area contributed by atoms with E-state index in [1.54, 1.807) is 14.0 Å². The summed E-state index contributed by atoms with van der Waals surface area (Å²) in [4.78, 5) is 9.37. The Bertz CT molecular complexity index is 538. The van der Waals surface area contributed by atoms with Crippen LogP contribution in [-0.2, 0) is 23.1 Å². The van der Waals surface area contributed by atoms with Gasteiger partial charge in [-0.1, -0.05) is 6.92 Å². The Morgan fingerprint density at radius 1 is 1.33 bits per heavy atom. The van der Waals surface area contributed by atoms with Gasteiger partial charge < -0.3 is 5.11 Å². The summed E-state index contributed by atoms with van der Waals surface area (Å²) in [5.74, 6) is 0.183. The van der Waals surface area contributed by atoms with Gasteiger partial charge in [0.05, 0.1) is 0 Å². The van der Waals surface area contributed by atoms with Gasteiger partial charge in [0.25, 0.3) is 0 Å². The van der Waals surface area contributed by atoms with Gasteiger partial charge in [0.15, 0.2) is 0 Å². The minimum absolute atomic E-state index is 0.222. The van der Waals surface area contributed by atoms with E-state index in [2.05, 4.69) is 30.3 Å². The monoisotopic (exact) mass is 295 g/mol. The van der Waals surface area contributed by atoms with Crippen LogP contribution in [-0.4, -0.2) is 18.2 Å². The van der Waals surface area contributed by atoms with Crippen LogP contribution in [0.1, 0.15) is 13.3 Å². The fourth-order valence-corrected chi connectivity index (χ4v) is 2.42. The van der Waals surface area contributed by atoms with E-state index in [1.165, 1.54) is 33.2 Å². The van der Waals surface area contributed by atoms with E-state index in [1.807, 2.05) is 6.07 Å². The standard InChI is InChI=1S/C11H9O.C3H6O2.Zn/c1-12-11-7-6-9-4-2-3-5-10(9)8-11;1-2-3(4)5;/h2-3,5-8H,1H3;2H2,1H3,(H,4,5);. The third-order valence-electron chi connectivity index (χ3n) is 2.48. The van der Waals surface area contributed by atoms with Crippen LogP contribution in [0.25, 0.3) is 10.8 Å². The summed E-state index contributed by atoms with van der Waals surface area (Å²) >= 11 is 1.20. The molecule has 0 aliphatic carbocycles. The van der Waals surface area contributed by atoms with Crippen molar-refractivity contribution < 1.29 is 32.9 Å². The molecule has 91 valence electrons. The molecule has 0 aliphatic heterocycles. The van der Waals surface area contributed by atoms with E-state index in [-0.39, 0.29) is 6.42 Å². The molecule has 0 fully saturated rings. The van der Waals surface area contributed by atoms with E-state index in [0.717, 1.165) is 5.75 Å². The summed E-state index contributed by atoms with van der Waals surface area (Å²) in [6, 6.07) is 12.6. The van der Waals surface area contributed by atoms with Crippen LogP contribution in [0.2, 0.25) is 0 Å². The molecular weight excluding hydrogens is 282 g/mol. The quantitative estimate of drug-likeness (QED) is 0.866. The number of hydrogen-bond acceptors (Lipinski definition) is 2. The van der Waals surface area contributed by atoms with Crippen molar-refractivity contribution in [1.29, 1.82) is 0 Å². The van der Waals surface area contributed by atoms with Gasteiger partial charge in [0.2, 0.25) is 0 Å². The molecule has 0 spiro atoms. The topological polar surface area (TPSA) is 46.5 Å². The van der Waals surface area contributed by atoms with Gasteiger partial charge in [-0.3, -0.25) is 4.79 Å². The first kappa shape index (κ1) is 14.7. The van der Waals surface area contributed by atoms with Crippen LogP contribution < -0.4 is 8.89 Å². The summed E-state index contributed by atoms with van der Waals surface area (Å²) in [5, 5.41) is 10.3. The molecule has 2 aromatic carbocycles. The Morgan fingerprint density at radius 2 is 2.00 bits per heavy atom. The molecule has 0 heterocycles. The van der Waals surface area contributed by atoms with Crippen LogP contribution in [0.15, 0.2) is 36.4 Å². The normalized spacial score (nSPS) is 9.56. The SMILES string of the molecule is CCC(=O)O.COc1ccc2[c]([Zn])cccc2c1. The van der Waals surface area contributed by atoms with Gasteiger partial charge in [0, 0.05) is 6.42 Å². The fraction of sp³-hybridized carbons (Fsp3) is 0.214. The summed E-state index contributed by atoms with van der Waals surface area (Å²) in [6.07, 6.45) is 0.222. The zero-order valence-corrected chi connectivity index (χ0v) is 13.6. The van der Waals surface area contributed by atoms with Crippen molar-refractivity contribution in [1.82, 2.24) is 0 Å². The first-order valence-electron chi connectivity index (χ1n) is 5.69. The van der Waals surface area contributed by atoms with Crippen molar-refractivity contribution in [2.75, 3.05) is 7.11 Å². The molecule has 0 amide bonds. The van der Waals surface area contributed by atoms with Gasteiger partial charge in [-0.05, 0) is 0 Å². The van der Waals surface area contributed by atoms with Crippen molar-refractivity contribution in [3.63, 3.8) is 0 Å². The van der Waals surface area contributed by atoms with E-state index in [0.29, 0.717) is 0 Å². The van der Waals surface area contributed by atoms with E-state index >= 15 is 0 Å². The van der Waals surface area contributed by atoms with Crippen molar-refractivity contribution in [2.45, 2.75) is 13.3 Å². The zero-order valence-electron chi connectivity index (χ0n) is 10.6. The third-order valence-corrected chi connectivity index (χ3v) is 3.77. The predicted molar refractivity (Wildman–Crippen MR) is 68.1 cm³/mol. The summed E-state index contributed by atoms with van der Waals surface area (Å²) in [7, 11) is 1.70. The van der Waals surface area contributed by atoms with Crippen molar-refractivity contribution in [2.24, 2.45) is 0 Å². The van der Waals surface area contributed by atoms with Crippen molar-refractivity contribution in [3.05, 3.63) is 36.4 Å². The van der Waals surface area contributed by atoms with E-state index < -0.39 is 5.97 Å². The first-order valence-corrected chi connectivity index (χ1v) is 7.17. The predicted octanol–water partition coefficient (Wildman–Crippen LogP) is 2.50. The third kappa shape index (κ3) is 4.12. The average molecular weight is 297 g/mol. The average Bonchev–Trinajstić information content (AvgIpc) is 2.39. The molecule has 0 aromatic heterocycles. The van der Waals surface area contributed by atoms with Crippen LogP contribution in [0, 0.1) is 0 Å². The minimum atomic E-state index is -0.745. The second-order valence-electron chi connectivity index (χ2n) is 3.75. The van der Waals surface area contributed by atoms with Gasteiger partial charge in [-0.25, -0.2) is 0 Å². The van der Waals surface area contributed by atoms with Crippen LogP contribution in [0.4, 0.5) is 0 Å². The van der Waals surface area contributed by atoms with Gasteiger partial charge in [-0.15, -0.1) is 0 Å². The molecule has 0 radical (unpaired) electrons. The Balaban J connectivity index is 0.000000280. The molecule has 0 bridgehead atoms. The number of rotatable bonds is 2. The van der Waals surface area contributed by atoms with Gasteiger partial charge in [0.1, 0.15) is 0 Å². The van der Waals surface area contributed by atoms with Crippen LogP contribution >= 0.6 is 0 Å². The molecule has 0 saturated heterocycles. The first-order chi connectivity index (χ1) is 8.58. The van der Waals surface area contributed by atoms with Gasteiger partial charge >= 0.3 is 93.2 Å². The summed E-state index contributed by atoms with van der Waals surface area (Å²) in [5.41, 5.74) is 0. The molecule has 18 heavy (non-hydrogen) atoms. The fourth-order valence-electron chi connectivity index (χ4n) is 1.46. The second-order valence-corrected chi connectivity index (χ2v) is 5.35. The molecule has 1 N–H and O–H groups in total. The van der Waals surface area contributed by atoms with Crippen molar-refractivity contribution in [3.8, 4) is 5.75 Å². The summed E-state index contributed by atoms with van der Waals surface area (Å²) in [6.45, 7) is 1.60. The molecule has 0 aliphatic rings. The number of ether oxygens (including phenoxy) is 1. The maximum atomic E-state index is 9.37. The van der Waals surface area contributed by atoms with E-state index in [9.17, 15) is 4.79 Å². The number of carboxylic acid groups (broad SMARTS) is 1. The molecule has 2 rings (SSSR count). The Hall–Kier alpha value is -1.41. The number of carboxylic acids is 1. The second kappa shape index (κ2) is 7.12. The van der Waals surface area contributed by atoms with Crippen molar-refractivity contribution >= 4 is 20.9 Å².